The lowest BCUT2D eigenvalue weighted by molar-refractivity contribution is -0.186. The minimum absolute atomic E-state index is 0.000308. The molecular weight excluding hydrogens is 580 g/mol. The Bertz CT molecular complexity index is 1250. The molecule has 0 bridgehead atoms. The van der Waals surface area contributed by atoms with Crippen molar-refractivity contribution in [1.29, 1.82) is 0 Å². The van der Waals surface area contributed by atoms with Crippen molar-refractivity contribution in [2.24, 2.45) is 34.5 Å². The maximum absolute atomic E-state index is 13.9. The highest BCUT2D eigenvalue weighted by molar-refractivity contribution is 5.95. The third-order valence-corrected chi connectivity index (χ3v) is 11.8. The summed E-state index contributed by atoms with van der Waals surface area (Å²) in [4.78, 5) is 61.6. The van der Waals surface area contributed by atoms with Crippen LogP contribution < -0.4 is 0 Å². The third-order valence-electron chi connectivity index (χ3n) is 11.8. The first-order valence-corrected chi connectivity index (χ1v) is 16.4. The number of hydrogen-bond acceptors (Lipinski definition) is 10. The number of rotatable bonds is 9. The van der Waals surface area contributed by atoms with Crippen LogP contribution in [0.1, 0.15) is 114 Å². The van der Waals surface area contributed by atoms with Gasteiger partial charge in [-0.25, -0.2) is 0 Å². The summed E-state index contributed by atoms with van der Waals surface area (Å²) in [5.74, 6) is -2.46. The van der Waals surface area contributed by atoms with E-state index in [0.717, 1.165) is 12.0 Å². The van der Waals surface area contributed by atoms with Crippen molar-refractivity contribution in [3.8, 4) is 0 Å². The van der Waals surface area contributed by atoms with Gasteiger partial charge in [-0.05, 0) is 100 Å². The second-order valence-corrected chi connectivity index (χ2v) is 15.2. The van der Waals surface area contributed by atoms with E-state index >= 15 is 0 Å². The number of allylic oxidation sites excluding steroid dienone is 1. The first-order chi connectivity index (χ1) is 20.7. The van der Waals surface area contributed by atoms with E-state index in [0.29, 0.717) is 38.5 Å². The molecule has 4 aliphatic carbocycles. The Hall–Kier alpha value is -2.75. The molecule has 0 aromatic rings. The molecular formula is C35H52O10. The smallest absolute Gasteiger partial charge is 0.303 e. The summed E-state index contributed by atoms with van der Waals surface area (Å²) in [6.45, 7) is 15.3. The molecule has 4 aliphatic rings. The molecule has 0 spiro atoms. The van der Waals surface area contributed by atoms with Crippen molar-refractivity contribution < 1.29 is 48.0 Å². The molecule has 0 heterocycles. The predicted octanol–water partition coefficient (Wildman–Crippen LogP) is 5.02. The second-order valence-electron chi connectivity index (χ2n) is 15.2. The lowest BCUT2D eigenvalue weighted by Crippen LogP contribution is -2.61. The molecule has 1 N–H and O–H groups in total. The van der Waals surface area contributed by atoms with Gasteiger partial charge in [-0.1, -0.05) is 20.8 Å². The van der Waals surface area contributed by atoms with Crippen LogP contribution in [0.15, 0.2) is 11.6 Å². The molecule has 3 saturated carbocycles. The van der Waals surface area contributed by atoms with Crippen molar-refractivity contribution in [1.82, 2.24) is 0 Å². The summed E-state index contributed by atoms with van der Waals surface area (Å²) >= 11 is 0. The van der Waals surface area contributed by atoms with Crippen molar-refractivity contribution in [3.63, 3.8) is 0 Å². The number of hydrogen-bond donors (Lipinski definition) is 1. The van der Waals surface area contributed by atoms with Crippen LogP contribution in [-0.4, -0.2) is 64.3 Å². The van der Waals surface area contributed by atoms with E-state index in [2.05, 4.69) is 20.8 Å². The minimum Gasteiger partial charge on any atom is -0.462 e. The molecule has 3 fully saturated rings. The summed E-state index contributed by atoms with van der Waals surface area (Å²) in [6.07, 6.45) is 4.04. The number of carbonyl (C=O) groups excluding carboxylic acids is 5. The van der Waals surface area contributed by atoms with Crippen molar-refractivity contribution in [2.75, 3.05) is 0 Å². The highest BCUT2D eigenvalue weighted by Crippen LogP contribution is 2.68. The van der Waals surface area contributed by atoms with Crippen LogP contribution in [0.2, 0.25) is 0 Å². The van der Waals surface area contributed by atoms with Gasteiger partial charge in [0, 0.05) is 39.0 Å². The van der Waals surface area contributed by atoms with Crippen LogP contribution in [0.4, 0.5) is 0 Å². The second kappa shape index (κ2) is 12.5. The van der Waals surface area contributed by atoms with Crippen LogP contribution in [0.5, 0.6) is 0 Å². The van der Waals surface area contributed by atoms with E-state index in [4.69, 9.17) is 18.9 Å². The zero-order valence-electron chi connectivity index (χ0n) is 28.4. The highest BCUT2D eigenvalue weighted by atomic mass is 16.6. The van der Waals surface area contributed by atoms with Gasteiger partial charge in [-0.15, -0.1) is 0 Å². The monoisotopic (exact) mass is 632 g/mol. The van der Waals surface area contributed by atoms with Gasteiger partial charge in [0.15, 0.2) is 5.78 Å². The van der Waals surface area contributed by atoms with Crippen molar-refractivity contribution in [3.05, 3.63) is 11.6 Å². The Labute approximate surface area is 266 Å². The van der Waals surface area contributed by atoms with Gasteiger partial charge >= 0.3 is 23.9 Å². The Kier molecular flexibility index (Phi) is 9.72. The van der Waals surface area contributed by atoms with E-state index in [-0.39, 0.29) is 41.9 Å². The van der Waals surface area contributed by atoms with E-state index in [1.807, 2.05) is 13.8 Å². The fraction of sp³-hybridized carbons (Fsp3) is 0.800. The van der Waals surface area contributed by atoms with Crippen molar-refractivity contribution in [2.45, 2.75) is 143 Å². The average molecular weight is 633 g/mol. The topological polar surface area (TPSA) is 143 Å². The van der Waals surface area contributed by atoms with E-state index < -0.39 is 58.2 Å². The highest BCUT2D eigenvalue weighted by Gasteiger charge is 2.67. The molecule has 1 unspecified atom stereocenters. The molecule has 0 aromatic heterocycles. The Morgan fingerprint density at radius 1 is 0.933 bits per heavy atom. The molecule has 4 rings (SSSR count). The normalized spacial score (nSPS) is 37.2. The van der Waals surface area contributed by atoms with Crippen molar-refractivity contribution >= 4 is 29.7 Å². The molecule has 10 nitrogen and oxygen atoms in total. The molecule has 0 aromatic carbocycles. The zero-order valence-corrected chi connectivity index (χ0v) is 28.4. The predicted molar refractivity (Wildman–Crippen MR) is 163 cm³/mol. The molecule has 0 saturated heterocycles. The van der Waals surface area contributed by atoms with E-state index in [9.17, 15) is 29.1 Å². The molecule has 10 heteroatoms. The van der Waals surface area contributed by atoms with E-state index in [1.165, 1.54) is 27.7 Å². The summed E-state index contributed by atoms with van der Waals surface area (Å²) < 4.78 is 22.6. The standard InChI is InChI=1S/C35H52O10/c1-19(29(42-20(2)36)12-13-32(6,7)45-23(5)39)24-11-15-35(41)26-16-28(40)27-17-30(43-21(3)37)31(44-22(4)38)18-33(27,8)25(26)10-14-34(24,35)9/h16,19,24-25,27,29-31,41H,10-15,17-18H2,1-9H3/t19-,24+,25-,27-,29?,30+,31-,33+,34+,35+/m0/s1. The van der Waals surface area contributed by atoms with Gasteiger partial charge in [-0.3, -0.25) is 24.0 Å². The summed E-state index contributed by atoms with van der Waals surface area (Å²) in [6, 6.07) is 0. The van der Waals surface area contributed by atoms with Crippen LogP contribution in [0, 0.1) is 34.5 Å². The van der Waals surface area contributed by atoms with Crippen LogP contribution >= 0.6 is 0 Å². The van der Waals surface area contributed by atoms with Gasteiger partial charge in [0.1, 0.15) is 23.9 Å². The number of fused-ring (bicyclic) bond motifs is 5. The minimum atomic E-state index is -1.24. The fourth-order valence-electron chi connectivity index (χ4n) is 9.72. The number of ketones is 1. The number of carbonyl (C=O) groups is 5. The molecule has 252 valence electrons. The van der Waals surface area contributed by atoms with Gasteiger partial charge in [-0.2, -0.15) is 0 Å². The molecule has 0 radical (unpaired) electrons. The Morgan fingerprint density at radius 2 is 1.56 bits per heavy atom. The Balaban J connectivity index is 1.63. The maximum atomic E-state index is 13.9. The summed E-state index contributed by atoms with van der Waals surface area (Å²) in [7, 11) is 0. The summed E-state index contributed by atoms with van der Waals surface area (Å²) in [5.41, 5.74) is -2.38. The maximum Gasteiger partial charge on any atom is 0.303 e. The van der Waals surface area contributed by atoms with Gasteiger partial charge in [0.2, 0.25) is 0 Å². The zero-order chi connectivity index (χ0) is 33.7. The third kappa shape index (κ3) is 6.58. The largest absolute Gasteiger partial charge is 0.462 e. The fourth-order valence-corrected chi connectivity index (χ4v) is 9.72. The summed E-state index contributed by atoms with van der Waals surface area (Å²) in [5, 5.41) is 12.7. The van der Waals surface area contributed by atoms with E-state index in [1.54, 1.807) is 6.08 Å². The lowest BCUT2D eigenvalue weighted by atomic mass is 9.45. The molecule has 45 heavy (non-hydrogen) atoms. The average Bonchev–Trinajstić information content (AvgIpc) is 3.17. The van der Waals surface area contributed by atoms with Crippen LogP contribution in [0.25, 0.3) is 0 Å². The Morgan fingerprint density at radius 3 is 2.13 bits per heavy atom. The molecule has 10 atom stereocenters. The number of esters is 4. The number of aliphatic hydroxyl groups is 1. The number of ether oxygens (including phenoxy) is 4. The van der Waals surface area contributed by atoms with Gasteiger partial charge < -0.3 is 24.1 Å². The molecule has 0 aliphatic heterocycles. The van der Waals surface area contributed by atoms with Crippen LogP contribution in [-0.2, 0) is 42.9 Å². The van der Waals surface area contributed by atoms with Crippen LogP contribution in [0.3, 0.4) is 0 Å². The first kappa shape index (κ1) is 35.1. The lowest BCUT2D eigenvalue weighted by Gasteiger charge is -2.60. The SMILES string of the molecule is CC(=O)OC(CCC(C)(C)OC(C)=O)[C@@H](C)[C@H]1CC[C@@]2(O)C3=CC(=O)[C@@H]4C[C@@H](OC(C)=O)[C@@H](OC(C)=O)C[C@]4(C)[C@H]3CC[C@]12C. The first-order valence-electron chi connectivity index (χ1n) is 16.4. The van der Waals surface area contributed by atoms with Gasteiger partial charge in [0.05, 0.1) is 5.60 Å². The van der Waals surface area contributed by atoms with Gasteiger partial charge in [0.25, 0.3) is 0 Å². The molecule has 0 amide bonds. The quantitative estimate of drug-likeness (QED) is 0.272.